The van der Waals surface area contributed by atoms with E-state index < -0.39 is 17.7 Å². The fourth-order valence-corrected chi connectivity index (χ4v) is 3.80. The SMILES string of the molecule is Cn1ccnc1C(O)C1CCCN(c2ccnc3c(F)cc(F)cc23)C1. The van der Waals surface area contributed by atoms with Crippen molar-refractivity contribution in [1.82, 2.24) is 14.5 Å². The summed E-state index contributed by atoms with van der Waals surface area (Å²) in [6, 6.07) is 3.94. The van der Waals surface area contributed by atoms with Gasteiger partial charge in [0.2, 0.25) is 0 Å². The molecule has 3 aromatic rings. The summed E-state index contributed by atoms with van der Waals surface area (Å²) in [6.07, 6.45) is 6.09. The summed E-state index contributed by atoms with van der Waals surface area (Å²) in [5.41, 5.74) is 0.904. The predicted octanol–water partition coefficient (Wildman–Crippen LogP) is 3.20. The van der Waals surface area contributed by atoms with Gasteiger partial charge in [-0.1, -0.05) is 0 Å². The molecule has 1 fully saturated rings. The van der Waals surface area contributed by atoms with E-state index in [9.17, 15) is 13.9 Å². The van der Waals surface area contributed by atoms with E-state index in [0.29, 0.717) is 17.8 Å². The van der Waals surface area contributed by atoms with Gasteiger partial charge in [-0.05, 0) is 25.0 Å². The molecular formula is C19H20F2N4O. The fourth-order valence-electron chi connectivity index (χ4n) is 3.80. The predicted molar refractivity (Wildman–Crippen MR) is 94.8 cm³/mol. The Morgan fingerprint density at radius 2 is 2.08 bits per heavy atom. The topological polar surface area (TPSA) is 54.2 Å². The van der Waals surface area contributed by atoms with E-state index in [1.165, 1.54) is 12.3 Å². The van der Waals surface area contributed by atoms with Gasteiger partial charge in [0.1, 0.15) is 23.3 Å². The number of halogens is 2. The maximum absolute atomic E-state index is 14.1. The van der Waals surface area contributed by atoms with Crippen LogP contribution in [0, 0.1) is 17.6 Å². The van der Waals surface area contributed by atoms with Gasteiger partial charge >= 0.3 is 0 Å². The zero-order chi connectivity index (χ0) is 18.3. The van der Waals surface area contributed by atoms with Crippen molar-refractivity contribution in [3.63, 3.8) is 0 Å². The van der Waals surface area contributed by atoms with Crippen molar-refractivity contribution in [3.05, 3.63) is 54.2 Å². The normalized spacial score (nSPS) is 19.1. The summed E-state index contributed by atoms with van der Waals surface area (Å²) < 4.78 is 29.6. The second kappa shape index (κ2) is 6.64. The summed E-state index contributed by atoms with van der Waals surface area (Å²) in [5.74, 6) is -0.658. The molecule has 1 aliphatic rings. The Morgan fingerprint density at radius 3 is 2.85 bits per heavy atom. The third-order valence-electron chi connectivity index (χ3n) is 5.11. The molecule has 3 heterocycles. The molecule has 136 valence electrons. The number of rotatable bonds is 3. The van der Waals surface area contributed by atoms with Crippen LogP contribution in [0.3, 0.4) is 0 Å². The summed E-state index contributed by atoms with van der Waals surface area (Å²) in [5, 5.41) is 11.2. The number of anilines is 1. The Labute approximate surface area is 149 Å². The zero-order valence-corrected chi connectivity index (χ0v) is 14.4. The monoisotopic (exact) mass is 358 g/mol. The van der Waals surface area contributed by atoms with Crippen molar-refractivity contribution >= 4 is 16.6 Å². The number of fused-ring (bicyclic) bond motifs is 1. The molecule has 1 saturated heterocycles. The van der Waals surface area contributed by atoms with Crippen LogP contribution in [-0.2, 0) is 7.05 Å². The third-order valence-corrected chi connectivity index (χ3v) is 5.11. The Hall–Kier alpha value is -2.54. The number of hydrogen-bond donors (Lipinski definition) is 1. The van der Waals surface area contributed by atoms with Gasteiger partial charge in [-0.3, -0.25) is 4.98 Å². The molecule has 26 heavy (non-hydrogen) atoms. The van der Waals surface area contributed by atoms with Crippen LogP contribution in [0.1, 0.15) is 24.8 Å². The number of benzene rings is 1. The van der Waals surface area contributed by atoms with Crippen molar-refractivity contribution in [2.45, 2.75) is 18.9 Å². The van der Waals surface area contributed by atoms with Crippen molar-refractivity contribution in [2.24, 2.45) is 13.0 Å². The molecule has 2 unspecified atom stereocenters. The molecule has 0 radical (unpaired) electrons. The van der Waals surface area contributed by atoms with Gasteiger partial charge in [0, 0.05) is 61.8 Å². The van der Waals surface area contributed by atoms with E-state index in [4.69, 9.17) is 0 Å². The molecule has 1 N–H and O–H groups in total. The lowest BCUT2D eigenvalue weighted by Crippen LogP contribution is -2.38. The summed E-state index contributed by atoms with van der Waals surface area (Å²) in [6.45, 7) is 1.35. The minimum atomic E-state index is -0.681. The molecule has 2 aromatic heterocycles. The number of aliphatic hydroxyl groups excluding tert-OH is 1. The maximum atomic E-state index is 14.1. The smallest absolute Gasteiger partial charge is 0.152 e. The van der Waals surface area contributed by atoms with Crippen LogP contribution in [-0.4, -0.2) is 32.7 Å². The quantitative estimate of drug-likeness (QED) is 0.781. The number of imidazole rings is 1. The van der Waals surface area contributed by atoms with E-state index in [0.717, 1.165) is 31.1 Å². The molecule has 0 bridgehead atoms. The van der Waals surface area contributed by atoms with Crippen LogP contribution in [0.5, 0.6) is 0 Å². The molecule has 7 heteroatoms. The molecular weight excluding hydrogens is 338 g/mol. The lowest BCUT2D eigenvalue weighted by molar-refractivity contribution is 0.0875. The van der Waals surface area contributed by atoms with E-state index in [2.05, 4.69) is 14.9 Å². The first kappa shape index (κ1) is 16.9. The second-order valence-corrected chi connectivity index (χ2v) is 6.80. The Bertz CT molecular complexity index is 942. The molecule has 0 saturated carbocycles. The lowest BCUT2D eigenvalue weighted by atomic mass is 9.91. The first-order valence-electron chi connectivity index (χ1n) is 8.68. The van der Waals surface area contributed by atoms with Crippen molar-refractivity contribution < 1.29 is 13.9 Å². The van der Waals surface area contributed by atoms with Crippen LogP contribution < -0.4 is 4.90 Å². The molecule has 0 amide bonds. The Morgan fingerprint density at radius 1 is 1.23 bits per heavy atom. The lowest BCUT2D eigenvalue weighted by Gasteiger charge is -2.36. The third kappa shape index (κ3) is 2.92. The molecule has 5 nitrogen and oxygen atoms in total. The highest BCUT2D eigenvalue weighted by atomic mass is 19.1. The molecule has 1 aromatic carbocycles. The Balaban J connectivity index is 1.66. The van der Waals surface area contributed by atoms with Crippen LogP contribution in [0.2, 0.25) is 0 Å². The van der Waals surface area contributed by atoms with E-state index in [1.807, 2.05) is 11.6 Å². The first-order valence-corrected chi connectivity index (χ1v) is 8.68. The number of pyridine rings is 1. The molecule has 0 spiro atoms. The Kier molecular flexibility index (Phi) is 4.32. The highest BCUT2D eigenvalue weighted by molar-refractivity contribution is 5.92. The number of nitrogens with zero attached hydrogens (tertiary/aromatic N) is 4. The highest BCUT2D eigenvalue weighted by Gasteiger charge is 2.30. The second-order valence-electron chi connectivity index (χ2n) is 6.80. The van der Waals surface area contributed by atoms with Crippen molar-refractivity contribution in [3.8, 4) is 0 Å². The van der Waals surface area contributed by atoms with Crippen molar-refractivity contribution in [1.29, 1.82) is 0 Å². The average molecular weight is 358 g/mol. The van der Waals surface area contributed by atoms with Gasteiger partial charge in [-0.2, -0.15) is 0 Å². The minimum absolute atomic E-state index is 0.00790. The van der Waals surface area contributed by atoms with E-state index in [1.54, 1.807) is 18.5 Å². The molecule has 1 aliphatic heterocycles. The number of hydrogen-bond acceptors (Lipinski definition) is 4. The van der Waals surface area contributed by atoms with Gasteiger partial charge in [0.25, 0.3) is 0 Å². The fraction of sp³-hybridized carbons (Fsp3) is 0.368. The molecule has 2 atom stereocenters. The standard InChI is InChI=1S/C19H20F2N4O/c1-24-8-6-23-19(24)18(26)12-3-2-7-25(11-12)16-4-5-22-17-14(16)9-13(20)10-15(17)21/h4-6,8-10,12,18,26H,2-3,7,11H2,1H3. The zero-order valence-electron chi connectivity index (χ0n) is 14.4. The molecule has 4 rings (SSSR count). The van der Waals surface area contributed by atoms with Gasteiger partial charge in [0.15, 0.2) is 5.82 Å². The highest BCUT2D eigenvalue weighted by Crippen LogP contribution is 2.34. The van der Waals surface area contributed by atoms with Gasteiger partial charge in [0.05, 0.1) is 0 Å². The van der Waals surface area contributed by atoms with Crippen LogP contribution in [0.15, 0.2) is 36.8 Å². The number of aliphatic hydroxyl groups is 1. The number of aromatic nitrogens is 3. The van der Waals surface area contributed by atoms with Gasteiger partial charge < -0.3 is 14.6 Å². The van der Waals surface area contributed by atoms with Crippen LogP contribution in [0.4, 0.5) is 14.5 Å². The van der Waals surface area contributed by atoms with Crippen LogP contribution >= 0.6 is 0 Å². The molecule has 0 aliphatic carbocycles. The first-order chi connectivity index (χ1) is 12.5. The van der Waals surface area contributed by atoms with E-state index in [-0.39, 0.29) is 11.4 Å². The summed E-state index contributed by atoms with van der Waals surface area (Å²) in [7, 11) is 1.86. The largest absolute Gasteiger partial charge is 0.385 e. The van der Waals surface area contributed by atoms with E-state index >= 15 is 0 Å². The number of aryl methyl sites for hydroxylation is 1. The minimum Gasteiger partial charge on any atom is -0.385 e. The van der Waals surface area contributed by atoms with Gasteiger partial charge in [-0.25, -0.2) is 13.8 Å². The van der Waals surface area contributed by atoms with Crippen LogP contribution in [0.25, 0.3) is 10.9 Å². The van der Waals surface area contributed by atoms with Gasteiger partial charge in [-0.15, -0.1) is 0 Å². The maximum Gasteiger partial charge on any atom is 0.152 e. The summed E-state index contributed by atoms with van der Waals surface area (Å²) >= 11 is 0. The van der Waals surface area contributed by atoms with Crippen molar-refractivity contribution in [2.75, 3.05) is 18.0 Å². The average Bonchev–Trinajstić information content (AvgIpc) is 3.06. The summed E-state index contributed by atoms with van der Waals surface area (Å²) in [4.78, 5) is 10.4. The number of piperidine rings is 1.